The molecular weight excluding hydrogens is 501 g/mol. The number of rotatable bonds is 8. The molecule has 0 saturated heterocycles. The van der Waals surface area contributed by atoms with E-state index < -0.39 is 24.8 Å². The number of aliphatic carboxylic acids is 1. The van der Waals surface area contributed by atoms with Gasteiger partial charge in [-0.25, -0.2) is 14.0 Å². The second-order valence-corrected chi connectivity index (χ2v) is 9.05. The van der Waals surface area contributed by atoms with Gasteiger partial charge in [-0.2, -0.15) is 0 Å². The molecule has 7 nitrogen and oxygen atoms in total. The Morgan fingerprint density at radius 1 is 0.872 bits per heavy atom. The predicted octanol–water partition coefficient (Wildman–Crippen LogP) is 6.17. The van der Waals surface area contributed by atoms with Gasteiger partial charge < -0.3 is 19.4 Å². The molecule has 1 N–H and O–H groups in total. The van der Waals surface area contributed by atoms with Crippen LogP contribution in [-0.2, 0) is 27.4 Å². The lowest BCUT2D eigenvalue weighted by Crippen LogP contribution is -2.38. The largest absolute Gasteiger partial charge is 0.528 e. The fraction of sp³-hybridized carbons (Fsp3) is 0.161. The number of hydroxylamine groups is 2. The van der Waals surface area contributed by atoms with Crippen molar-refractivity contribution in [3.63, 3.8) is 0 Å². The van der Waals surface area contributed by atoms with Crippen LogP contribution in [0.25, 0.3) is 11.1 Å². The highest BCUT2D eigenvalue weighted by atomic mass is 19.1. The zero-order chi connectivity index (χ0) is 27.2. The minimum absolute atomic E-state index is 0.0573. The van der Waals surface area contributed by atoms with E-state index >= 15 is 0 Å². The second kappa shape index (κ2) is 11.8. The Balaban J connectivity index is 1.51. The minimum Gasteiger partial charge on any atom is -0.482 e. The Bertz CT molecular complexity index is 1460. The number of hydrogen-bond acceptors (Lipinski definition) is 6. The summed E-state index contributed by atoms with van der Waals surface area (Å²) in [6.45, 7) is -0.111. The van der Waals surface area contributed by atoms with Crippen molar-refractivity contribution in [1.29, 1.82) is 0 Å². The van der Waals surface area contributed by atoms with Gasteiger partial charge in [0, 0.05) is 12.1 Å². The highest BCUT2D eigenvalue weighted by Gasteiger charge is 2.34. The molecule has 4 aromatic rings. The van der Waals surface area contributed by atoms with Crippen molar-refractivity contribution >= 4 is 12.1 Å². The molecule has 0 amide bonds. The molecule has 39 heavy (non-hydrogen) atoms. The van der Waals surface area contributed by atoms with Gasteiger partial charge in [-0.3, -0.25) is 0 Å². The molecule has 0 radical (unpaired) electrons. The molecule has 1 aliphatic heterocycles. The molecule has 1 atom stereocenters. The molecule has 1 unspecified atom stereocenters. The number of nitrogens with zero attached hydrogens (tertiary/aromatic N) is 1. The molecule has 198 valence electrons. The molecule has 8 heteroatoms. The van der Waals surface area contributed by atoms with Crippen LogP contribution < -0.4 is 4.74 Å². The van der Waals surface area contributed by atoms with Gasteiger partial charge in [0.15, 0.2) is 6.61 Å². The van der Waals surface area contributed by atoms with Crippen LogP contribution in [0, 0.1) is 5.82 Å². The van der Waals surface area contributed by atoms with E-state index in [2.05, 4.69) is 0 Å². The van der Waals surface area contributed by atoms with Gasteiger partial charge in [0.2, 0.25) is 0 Å². The zero-order valence-corrected chi connectivity index (χ0v) is 21.0. The van der Waals surface area contributed by atoms with Gasteiger partial charge in [0.1, 0.15) is 18.2 Å². The quantitative estimate of drug-likeness (QED) is 0.274. The first-order valence-corrected chi connectivity index (χ1v) is 12.5. The van der Waals surface area contributed by atoms with Crippen LogP contribution in [0.3, 0.4) is 0 Å². The average Bonchev–Trinajstić information content (AvgIpc) is 2.96. The van der Waals surface area contributed by atoms with Crippen LogP contribution in [0.15, 0.2) is 97.1 Å². The van der Waals surface area contributed by atoms with Gasteiger partial charge in [-0.05, 0) is 58.5 Å². The number of hydrogen-bond donors (Lipinski definition) is 1. The number of carbonyl (C=O) groups excluding carboxylic acids is 1. The third-order valence-electron chi connectivity index (χ3n) is 6.46. The molecule has 4 aromatic carbocycles. The van der Waals surface area contributed by atoms with Crippen LogP contribution in [-0.4, -0.2) is 35.4 Å². The van der Waals surface area contributed by atoms with Crippen LogP contribution in [0.4, 0.5) is 9.18 Å². The first-order chi connectivity index (χ1) is 19.0. The Morgan fingerprint density at radius 2 is 1.59 bits per heavy atom. The Morgan fingerprint density at radius 3 is 2.36 bits per heavy atom. The molecule has 0 aliphatic carbocycles. The number of carboxylic acids is 1. The summed E-state index contributed by atoms with van der Waals surface area (Å²) in [5.41, 5.74) is 4.91. The van der Waals surface area contributed by atoms with E-state index in [-0.39, 0.29) is 12.4 Å². The summed E-state index contributed by atoms with van der Waals surface area (Å²) < 4.78 is 24.6. The summed E-state index contributed by atoms with van der Waals surface area (Å²) in [5, 5.41) is 10.8. The van der Waals surface area contributed by atoms with E-state index in [0.717, 1.165) is 27.8 Å². The van der Waals surface area contributed by atoms with Gasteiger partial charge >= 0.3 is 12.1 Å². The van der Waals surface area contributed by atoms with Crippen LogP contribution in [0.1, 0.15) is 28.3 Å². The van der Waals surface area contributed by atoms with E-state index in [4.69, 9.17) is 14.3 Å². The van der Waals surface area contributed by atoms with Crippen molar-refractivity contribution < 1.29 is 33.4 Å². The summed E-state index contributed by atoms with van der Waals surface area (Å²) in [4.78, 5) is 29.8. The number of fused-ring (bicyclic) bond motifs is 1. The zero-order valence-electron chi connectivity index (χ0n) is 21.0. The van der Waals surface area contributed by atoms with Crippen LogP contribution in [0.2, 0.25) is 0 Å². The lowest BCUT2D eigenvalue weighted by Gasteiger charge is -2.36. The maximum Gasteiger partial charge on any atom is 0.528 e. The fourth-order valence-electron chi connectivity index (χ4n) is 4.66. The molecule has 1 aliphatic rings. The van der Waals surface area contributed by atoms with E-state index in [1.165, 1.54) is 17.2 Å². The van der Waals surface area contributed by atoms with Crippen molar-refractivity contribution in [2.45, 2.75) is 19.1 Å². The van der Waals surface area contributed by atoms with E-state index in [1.54, 1.807) is 24.3 Å². The first kappa shape index (κ1) is 25.9. The lowest BCUT2D eigenvalue weighted by atomic mass is 9.87. The standard InChI is InChI=1S/C31H26FNO6/c32-25-13-10-22(11-14-25)24-12-15-28(37-20-29(34)35)27(18-24)30-26-9-5-4-8-23(26)16-17-33(30)39-31(36)38-19-21-6-2-1-3-7-21/h1-15,18,30H,16-17,19-20H2,(H,34,35). The van der Waals surface area contributed by atoms with Gasteiger partial charge in [0.05, 0.1) is 6.04 Å². The summed E-state index contributed by atoms with van der Waals surface area (Å²) in [5.74, 6) is -1.14. The minimum atomic E-state index is -1.12. The average molecular weight is 528 g/mol. The van der Waals surface area contributed by atoms with Crippen LogP contribution in [0.5, 0.6) is 5.75 Å². The van der Waals surface area contributed by atoms with Gasteiger partial charge in [-0.15, -0.1) is 5.06 Å². The number of halogens is 1. The Kier molecular flexibility index (Phi) is 7.84. The highest BCUT2D eigenvalue weighted by molar-refractivity contribution is 5.70. The first-order valence-electron chi connectivity index (χ1n) is 12.5. The molecular formula is C31H26FNO6. The number of benzene rings is 4. The lowest BCUT2D eigenvalue weighted by molar-refractivity contribution is -0.152. The smallest absolute Gasteiger partial charge is 0.482 e. The van der Waals surface area contributed by atoms with Crippen molar-refractivity contribution in [2.75, 3.05) is 13.2 Å². The topological polar surface area (TPSA) is 85.3 Å². The molecule has 0 spiro atoms. The number of ether oxygens (including phenoxy) is 2. The van der Waals surface area contributed by atoms with Crippen molar-refractivity contribution in [1.82, 2.24) is 5.06 Å². The second-order valence-electron chi connectivity index (χ2n) is 9.05. The molecule has 0 aromatic heterocycles. The maximum atomic E-state index is 13.6. The normalized spacial score (nSPS) is 14.7. The van der Waals surface area contributed by atoms with Gasteiger partial charge in [-0.1, -0.05) is 72.8 Å². The van der Waals surface area contributed by atoms with Crippen LogP contribution >= 0.6 is 0 Å². The third kappa shape index (κ3) is 6.25. The molecule has 0 fully saturated rings. The Labute approximate surface area is 224 Å². The third-order valence-corrected chi connectivity index (χ3v) is 6.46. The molecule has 0 bridgehead atoms. The van der Waals surface area contributed by atoms with Crippen molar-refractivity contribution in [3.05, 3.63) is 125 Å². The predicted molar refractivity (Wildman–Crippen MR) is 141 cm³/mol. The SMILES string of the molecule is O=C(O)COc1ccc(-c2ccc(F)cc2)cc1C1c2ccccc2CCN1OC(=O)OCc1ccccc1. The van der Waals surface area contributed by atoms with E-state index in [0.29, 0.717) is 24.3 Å². The molecule has 0 saturated carbocycles. The number of carboxylic acid groups (broad SMARTS) is 1. The fourth-order valence-corrected chi connectivity index (χ4v) is 4.66. The van der Waals surface area contributed by atoms with E-state index in [9.17, 15) is 19.1 Å². The highest BCUT2D eigenvalue weighted by Crippen LogP contribution is 2.41. The maximum absolute atomic E-state index is 13.6. The van der Waals surface area contributed by atoms with Gasteiger partial charge in [0.25, 0.3) is 0 Å². The summed E-state index contributed by atoms with van der Waals surface area (Å²) in [6.07, 6.45) is -0.229. The summed E-state index contributed by atoms with van der Waals surface area (Å²) in [7, 11) is 0. The number of carbonyl (C=O) groups is 2. The van der Waals surface area contributed by atoms with E-state index in [1.807, 2.05) is 60.7 Å². The molecule has 1 heterocycles. The van der Waals surface area contributed by atoms with Crippen molar-refractivity contribution in [2.24, 2.45) is 0 Å². The van der Waals surface area contributed by atoms with Crippen molar-refractivity contribution in [3.8, 4) is 16.9 Å². The summed E-state index contributed by atoms with van der Waals surface area (Å²) in [6, 6.07) is 27.8. The monoisotopic (exact) mass is 527 g/mol. The molecule has 5 rings (SSSR count). The summed E-state index contributed by atoms with van der Waals surface area (Å²) >= 11 is 0. The Hall–Kier alpha value is -4.69.